The molecule has 1 amide bonds. The first-order chi connectivity index (χ1) is 16.4. The minimum Gasteiger partial charge on any atom is -0.507 e. The molecule has 0 saturated carbocycles. The summed E-state index contributed by atoms with van der Waals surface area (Å²) in [7, 11) is 3.80. The Labute approximate surface area is 200 Å². The largest absolute Gasteiger partial charge is 0.507 e. The first kappa shape index (κ1) is 25.1. The van der Waals surface area contributed by atoms with E-state index in [4.69, 9.17) is 9.47 Å². The lowest BCUT2D eigenvalue weighted by molar-refractivity contribution is -0.140. The van der Waals surface area contributed by atoms with Crippen LogP contribution in [0.5, 0.6) is 11.5 Å². The number of ether oxygens (including phenoxy) is 2. The minimum absolute atomic E-state index is 0.0619. The van der Waals surface area contributed by atoms with Crippen LogP contribution in [0.15, 0.2) is 66.8 Å². The predicted molar refractivity (Wildman–Crippen MR) is 132 cm³/mol. The van der Waals surface area contributed by atoms with Gasteiger partial charge in [-0.3, -0.25) is 9.59 Å². The monoisotopic (exact) mass is 464 g/mol. The Balaban J connectivity index is 2.06. The van der Waals surface area contributed by atoms with Crippen molar-refractivity contribution in [3.63, 3.8) is 0 Å². The van der Waals surface area contributed by atoms with Gasteiger partial charge in [0.2, 0.25) is 0 Å². The number of amides is 1. The van der Waals surface area contributed by atoms with Gasteiger partial charge in [0.05, 0.1) is 18.2 Å². The highest BCUT2D eigenvalue weighted by Crippen LogP contribution is 2.40. The number of nitrogens with zero attached hydrogens (tertiary/aromatic N) is 2. The molecule has 2 aromatic rings. The molecule has 7 nitrogen and oxygen atoms in total. The molecular weight excluding hydrogens is 432 g/mol. The van der Waals surface area contributed by atoms with E-state index in [0.717, 1.165) is 6.42 Å². The molecule has 1 unspecified atom stereocenters. The molecular formula is C27H32N2O5. The summed E-state index contributed by atoms with van der Waals surface area (Å²) < 4.78 is 11.3. The molecule has 0 spiro atoms. The van der Waals surface area contributed by atoms with Crippen molar-refractivity contribution < 1.29 is 24.2 Å². The molecule has 180 valence electrons. The lowest BCUT2D eigenvalue weighted by atomic mass is 9.95. The fourth-order valence-electron chi connectivity index (χ4n) is 3.78. The average molecular weight is 465 g/mol. The summed E-state index contributed by atoms with van der Waals surface area (Å²) in [5, 5.41) is 11.2. The topological polar surface area (TPSA) is 79.3 Å². The van der Waals surface area contributed by atoms with Crippen LogP contribution < -0.4 is 9.47 Å². The number of likely N-dealkylation sites (tertiary alicyclic amines) is 1. The van der Waals surface area contributed by atoms with Crippen molar-refractivity contribution in [3.8, 4) is 11.5 Å². The third kappa shape index (κ3) is 5.66. The molecule has 1 aliphatic rings. The van der Waals surface area contributed by atoms with Crippen LogP contribution in [-0.2, 0) is 9.59 Å². The van der Waals surface area contributed by atoms with Crippen LogP contribution >= 0.6 is 0 Å². The first-order valence-corrected chi connectivity index (χ1v) is 11.4. The molecule has 7 heteroatoms. The molecule has 1 aliphatic heterocycles. The second-order valence-electron chi connectivity index (χ2n) is 8.34. The van der Waals surface area contributed by atoms with Crippen LogP contribution in [-0.4, -0.2) is 67.0 Å². The van der Waals surface area contributed by atoms with Crippen molar-refractivity contribution in [2.75, 3.05) is 40.4 Å². The quantitative estimate of drug-likeness (QED) is 0.234. The van der Waals surface area contributed by atoms with Crippen LogP contribution in [0.4, 0.5) is 0 Å². The highest BCUT2D eigenvalue weighted by atomic mass is 16.5. The molecule has 1 N–H and O–H groups in total. The Morgan fingerprint density at radius 3 is 2.50 bits per heavy atom. The molecule has 0 aromatic heterocycles. The van der Waals surface area contributed by atoms with Crippen molar-refractivity contribution in [3.05, 3.63) is 77.9 Å². The number of rotatable bonds is 11. The van der Waals surface area contributed by atoms with E-state index >= 15 is 0 Å². The van der Waals surface area contributed by atoms with Crippen molar-refractivity contribution in [2.24, 2.45) is 0 Å². The summed E-state index contributed by atoms with van der Waals surface area (Å²) in [5.74, 6) is -0.282. The van der Waals surface area contributed by atoms with Crippen molar-refractivity contribution >= 4 is 17.4 Å². The maximum absolute atomic E-state index is 13.1. The van der Waals surface area contributed by atoms with Gasteiger partial charge >= 0.3 is 0 Å². The van der Waals surface area contributed by atoms with Gasteiger partial charge in [-0.25, -0.2) is 0 Å². The minimum atomic E-state index is -0.733. The van der Waals surface area contributed by atoms with Gasteiger partial charge in [-0.2, -0.15) is 0 Å². The standard InChI is InChI=1S/C27H32N2O5/c1-5-16-33-21-12-10-19(11-13-21)25(30)23-24(20-8-7-9-22(18-20)34-17-6-2)29(15-14-28(3)4)27(32)26(23)31/h6-13,18,24,30H,2,5,14-17H2,1,3-4H3/b25-23+. The van der Waals surface area contributed by atoms with Gasteiger partial charge in [-0.05, 0) is 62.5 Å². The van der Waals surface area contributed by atoms with E-state index in [9.17, 15) is 14.7 Å². The van der Waals surface area contributed by atoms with E-state index in [2.05, 4.69) is 6.58 Å². The van der Waals surface area contributed by atoms with Gasteiger partial charge in [-0.15, -0.1) is 0 Å². The Morgan fingerprint density at radius 1 is 1.12 bits per heavy atom. The zero-order valence-electron chi connectivity index (χ0n) is 20.0. The third-order valence-corrected chi connectivity index (χ3v) is 5.47. The molecule has 0 bridgehead atoms. The number of aliphatic hydroxyl groups is 1. The summed E-state index contributed by atoms with van der Waals surface area (Å²) >= 11 is 0. The van der Waals surface area contributed by atoms with Crippen molar-refractivity contribution in [2.45, 2.75) is 19.4 Å². The van der Waals surface area contributed by atoms with Crippen LogP contribution in [0.2, 0.25) is 0 Å². The fraction of sp³-hybridized carbons (Fsp3) is 0.333. The number of hydrogen-bond donors (Lipinski definition) is 1. The van der Waals surface area contributed by atoms with Crippen molar-refractivity contribution in [1.82, 2.24) is 9.80 Å². The Hall–Kier alpha value is -3.58. The molecule has 1 fully saturated rings. The number of hydrogen-bond acceptors (Lipinski definition) is 6. The molecule has 2 aromatic carbocycles. The van der Waals surface area contributed by atoms with E-state index in [1.54, 1.807) is 48.5 Å². The van der Waals surface area contributed by atoms with Gasteiger partial charge in [0.15, 0.2) is 0 Å². The highest BCUT2D eigenvalue weighted by molar-refractivity contribution is 6.46. The summed E-state index contributed by atoms with van der Waals surface area (Å²) in [5.41, 5.74) is 1.19. The Bertz CT molecular complexity index is 1060. The zero-order chi connectivity index (χ0) is 24.7. The van der Waals surface area contributed by atoms with Gasteiger partial charge in [0.25, 0.3) is 11.7 Å². The summed E-state index contributed by atoms with van der Waals surface area (Å²) in [6, 6.07) is 13.4. The zero-order valence-corrected chi connectivity index (χ0v) is 20.0. The average Bonchev–Trinajstić information content (AvgIpc) is 3.09. The number of Topliss-reactive ketones (excluding diaryl/α,β-unsaturated/α-hetero) is 1. The fourth-order valence-corrected chi connectivity index (χ4v) is 3.78. The van der Waals surface area contributed by atoms with Gasteiger partial charge in [-0.1, -0.05) is 31.7 Å². The van der Waals surface area contributed by atoms with Gasteiger partial charge in [0, 0.05) is 18.7 Å². The number of carbonyl (C=O) groups is 2. The molecule has 0 aliphatic carbocycles. The number of aliphatic hydroxyl groups excluding tert-OH is 1. The number of ketones is 1. The molecule has 1 atom stereocenters. The SMILES string of the molecule is C=CCOc1cccc(C2/C(=C(\O)c3ccc(OCCC)cc3)C(=O)C(=O)N2CCN(C)C)c1. The Kier molecular flexibility index (Phi) is 8.49. The molecule has 3 rings (SSSR count). The highest BCUT2D eigenvalue weighted by Gasteiger charge is 2.46. The van der Waals surface area contributed by atoms with Crippen LogP contribution in [0.3, 0.4) is 0 Å². The van der Waals surface area contributed by atoms with E-state index in [-0.39, 0.29) is 11.3 Å². The normalized spacial score (nSPS) is 17.3. The second kappa shape index (κ2) is 11.5. The maximum Gasteiger partial charge on any atom is 0.295 e. The summed E-state index contributed by atoms with van der Waals surface area (Å²) in [6.07, 6.45) is 2.53. The molecule has 34 heavy (non-hydrogen) atoms. The van der Waals surface area contributed by atoms with Gasteiger partial charge in [0.1, 0.15) is 23.9 Å². The van der Waals surface area contributed by atoms with Crippen molar-refractivity contribution in [1.29, 1.82) is 0 Å². The smallest absolute Gasteiger partial charge is 0.295 e. The first-order valence-electron chi connectivity index (χ1n) is 11.4. The Morgan fingerprint density at radius 2 is 1.85 bits per heavy atom. The van der Waals surface area contributed by atoms with Gasteiger partial charge < -0.3 is 24.4 Å². The van der Waals surface area contributed by atoms with Crippen LogP contribution in [0.25, 0.3) is 5.76 Å². The van der Waals surface area contributed by atoms with E-state index in [0.29, 0.717) is 48.9 Å². The second-order valence-corrected chi connectivity index (χ2v) is 8.34. The molecule has 0 radical (unpaired) electrons. The van der Waals surface area contributed by atoms with Crippen LogP contribution in [0, 0.1) is 0 Å². The maximum atomic E-state index is 13.1. The predicted octanol–water partition coefficient (Wildman–Crippen LogP) is 4.02. The number of carbonyl (C=O) groups excluding carboxylic acids is 2. The van der Waals surface area contributed by atoms with E-state index in [1.165, 1.54) is 4.90 Å². The van der Waals surface area contributed by atoms with E-state index in [1.807, 2.05) is 32.0 Å². The third-order valence-electron chi connectivity index (χ3n) is 5.47. The molecule has 1 heterocycles. The summed E-state index contributed by atoms with van der Waals surface area (Å²) in [4.78, 5) is 29.6. The number of benzene rings is 2. The molecule has 1 saturated heterocycles. The lowest BCUT2D eigenvalue weighted by Gasteiger charge is -2.27. The van der Waals surface area contributed by atoms with E-state index < -0.39 is 17.7 Å². The summed E-state index contributed by atoms with van der Waals surface area (Å²) in [6.45, 7) is 7.51. The lowest BCUT2D eigenvalue weighted by Crippen LogP contribution is -2.35. The van der Waals surface area contributed by atoms with Crippen LogP contribution in [0.1, 0.15) is 30.5 Å². The number of likely N-dealkylation sites (N-methyl/N-ethyl adjacent to an activating group) is 1.